The zero-order valence-electron chi connectivity index (χ0n) is 37.3. The first-order chi connectivity index (χ1) is 33.7. The molecule has 11 aromatic carbocycles. The summed E-state index contributed by atoms with van der Waals surface area (Å²) in [4.78, 5) is 0. The summed E-state index contributed by atoms with van der Waals surface area (Å²) in [5.74, 6) is 0. The third-order valence-corrected chi connectivity index (χ3v) is 13.7. The summed E-state index contributed by atoms with van der Waals surface area (Å²) in [6.45, 7) is 0. The van der Waals surface area contributed by atoms with Gasteiger partial charge in [0.2, 0.25) is 0 Å². The summed E-state index contributed by atoms with van der Waals surface area (Å²) in [6, 6.07) is 97.3. The summed E-state index contributed by atoms with van der Waals surface area (Å²) in [7, 11) is 0. The van der Waals surface area contributed by atoms with Gasteiger partial charge in [0.25, 0.3) is 0 Å². The van der Waals surface area contributed by atoms with Gasteiger partial charge in [0, 0.05) is 32.9 Å². The van der Waals surface area contributed by atoms with Gasteiger partial charge in [0.15, 0.2) is 0 Å². The molecule has 0 aliphatic carbocycles. The van der Waals surface area contributed by atoms with E-state index in [4.69, 9.17) is 0 Å². The Hall–Kier alpha value is -8.98. The number of nitrogens with zero attached hydrogens (tertiary/aromatic N) is 2. The van der Waals surface area contributed by atoms with Crippen LogP contribution in [0.15, 0.2) is 267 Å². The van der Waals surface area contributed by atoms with Crippen LogP contribution in [0.3, 0.4) is 0 Å². The van der Waals surface area contributed by atoms with E-state index in [1.165, 1.54) is 122 Å². The number of hydrogen-bond donors (Lipinski definition) is 0. The van der Waals surface area contributed by atoms with Gasteiger partial charge in [-0.1, -0.05) is 176 Å². The van der Waals surface area contributed by atoms with Gasteiger partial charge in [-0.3, -0.25) is 0 Å². The normalized spacial score (nSPS) is 11.5. The largest absolute Gasteiger partial charge is 0.309 e. The van der Waals surface area contributed by atoms with Crippen LogP contribution in [0.5, 0.6) is 0 Å². The molecule has 0 aliphatic heterocycles. The Morgan fingerprint density at radius 3 is 0.721 bits per heavy atom. The molecular formula is C66H44N2. The molecule has 13 aromatic rings. The highest BCUT2D eigenvalue weighted by Gasteiger charge is 2.16. The van der Waals surface area contributed by atoms with Gasteiger partial charge in [-0.25, -0.2) is 0 Å². The molecule has 2 heteroatoms. The molecule has 0 spiro atoms. The van der Waals surface area contributed by atoms with E-state index in [0.717, 1.165) is 0 Å². The van der Waals surface area contributed by atoms with E-state index in [0.29, 0.717) is 0 Å². The van der Waals surface area contributed by atoms with Crippen LogP contribution < -0.4 is 0 Å². The summed E-state index contributed by atoms with van der Waals surface area (Å²) in [5.41, 5.74) is 21.6. The molecule has 0 bridgehead atoms. The maximum atomic E-state index is 2.37. The number of rotatable bonds is 8. The Bertz CT molecular complexity index is 3760. The lowest BCUT2D eigenvalue weighted by molar-refractivity contribution is 1.18. The average Bonchev–Trinajstić information content (AvgIpc) is 3.94. The predicted octanol–water partition coefficient (Wildman–Crippen LogP) is 17.9. The van der Waals surface area contributed by atoms with E-state index in [-0.39, 0.29) is 0 Å². The summed E-state index contributed by atoms with van der Waals surface area (Å²) < 4.78 is 4.74. The molecule has 0 radical (unpaired) electrons. The lowest BCUT2D eigenvalue weighted by atomic mass is 9.93. The number of para-hydroxylation sites is 4. The number of benzene rings is 11. The maximum absolute atomic E-state index is 2.37. The van der Waals surface area contributed by atoms with Crippen molar-refractivity contribution in [2.45, 2.75) is 0 Å². The van der Waals surface area contributed by atoms with Crippen LogP contribution >= 0.6 is 0 Å². The van der Waals surface area contributed by atoms with Crippen molar-refractivity contribution < 1.29 is 0 Å². The van der Waals surface area contributed by atoms with Crippen molar-refractivity contribution in [1.82, 2.24) is 9.13 Å². The van der Waals surface area contributed by atoms with E-state index >= 15 is 0 Å². The molecule has 2 heterocycles. The Morgan fingerprint density at radius 1 is 0.162 bits per heavy atom. The fourth-order valence-electron chi connectivity index (χ4n) is 10.4. The SMILES string of the molecule is c1ccc(-n2c3ccccc3c3cc(-c4cccc(-c5cccc(-c6cccc(-c7cccc(-c8cccc(-c9ccc%10c(c9)c9ccccc9n%10-c9ccccc9)c8)c7)c6)c5)c4)ccc32)cc1. The first kappa shape index (κ1) is 39.4. The van der Waals surface area contributed by atoms with Gasteiger partial charge in [-0.05, 0) is 158 Å². The van der Waals surface area contributed by atoms with Crippen LogP contribution in [0.2, 0.25) is 0 Å². The van der Waals surface area contributed by atoms with E-state index in [1.807, 2.05) is 0 Å². The molecule has 0 aliphatic rings. The van der Waals surface area contributed by atoms with Crippen molar-refractivity contribution in [1.29, 1.82) is 0 Å². The molecule has 0 saturated carbocycles. The molecule has 68 heavy (non-hydrogen) atoms. The van der Waals surface area contributed by atoms with Gasteiger partial charge in [0.1, 0.15) is 0 Å². The second-order valence-corrected chi connectivity index (χ2v) is 17.7. The molecule has 0 N–H and O–H groups in total. The van der Waals surface area contributed by atoms with Crippen LogP contribution in [-0.4, -0.2) is 9.13 Å². The monoisotopic (exact) mass is 864 g/mol. The van der Waals surface area contributed by atoms with Crippen molar-refractivity contribution >= 4 is 43.6 Å². The first-order valence-electron chi connectivity index (χ1n) is 23.4. The zero-order chi connectivity index (χ0) is 45.0. The highest BCUT2D eigenvalue weighted by Crippen LogP contribution is 2.39. The molecule has 0 unspecified atom stereocenters. The van der Waals surface area contributed by atoms with Crippen molar-refractivity contribution in [3.05, 3.63) is 267 Å². The van der Waals surface area contributed by atoms with Crippen molar-refractivity contribution in [3.8, 4) is 78.1 Å². The second kappa shape index (κ2) is 16.5. The smallest absolute Gasteiger partial charge is 0.0541 e. The molecule has 318 valence electrons. The summed E-state index contributed by atoms with van der Waals surface area (Å²) in [6.07, 6.45) is 0. The Balaban J connectivity index is 0.793. The van der Waals surface area contributed by atoms with Crippen LogP contribution in [0, 0.1) is 0 Å². The van der Waals surface area contributed by atoms with Crippen LogP contribution in [0.25, 0.3) is 122 Å². The van der Waals surface area contributed by atoms with Gasteiger partial charge in [-0.15, -0.1) is 0 Å². The number of hydrogen-bond acceptors (Lipinski definition) is 0. The maximum Gasteiger partial charge on any atom is 0.0541 e. The van der Waals surface area contributed by atoms with E-state index < -0.39 is 0 Å². The number of aromatic nitrogens is 2. The van der Waals surface area contributed by atoms with Crippen LogP contribution in [0.4, 0.5) is 0 Å². The molecule has 13 rings (SSSR count). The molecule has 0 atom stereocenters. The molecule has 2 nitrogen and oxygen atoms in total. The van der Waals surface area contributed by atoms with Gasteiger partial charge in [0.05, 0.1) is 22.1 Å². The van der Waals surface area contributed by atoms with Gasteiger partial charge >= 0.3 is 0 Å². The molecule has 0 fully saturated rings. The summed E-state index contributed by atoms with van der Waals surface area (Å²) in [5, 5.41) is 5.03. The topological polar surface area (TPSA) is 9.86 Å². The van der Waals surface area contributed by atoms with Crippen LogP contribution in [-0.2, 0) is 0 Å². The molecule has 2 aromatic heterocycles. The Morgan fingerprint density at radius 2 is 0.412 bits per heavy atom. The highest BCUT2D eigenvalue weighted by molar-refractivity contribution is 6.11. The third kappa shape index (κ3) is 6.90. The Labute approximate surface area is 395 Å². The van der Waals surface area contributed by atoms with Gasteiger partial charge in [-0.2, -0.15) is 0 Å². The molecular weight excluding hydrogens is 821 g/mol. The van der Waals surface area contributed by atoms with Crippen molar-refractivity contribution in [2.75, 3.05) is 0 Å². The second-order valence-electron chi connectivity index (χ2n) is 17.7. The first-order valence-corrected chi connectivity index (χ1v) is 23.4. The quantitative estimate of drug-likeness (QED) is 0.144. The predicted molar refractivity (Wildman–Crippen MR) is 288 cm³/mol. The van der Waals surface area contributed by atoms with Gasteiger partial charge < -0.3 is 9.13 Å². The fraction of sp³-hybridized carbons (Fsp3) is 0. The van der Waals surface area contributed by atoms with E-state index in [1.54, 1.807) is 0 Å². The molecule has 0 amide bonds. The fourth-order valence-corrected chi connectivity index (χ4v) is 10.4. The van der Waals surface area contributed by atoms with E-state index in [2.05, 4.69) is 276 Å². The average molecular weight is 865 g/mol. The van der Waals surface area contributed by atoms with E-state index in [9.17, 15) is 0 Å². The molecule has 0 saturated heterocycles. The van der Waals surface area contributed by atoms with Crippen molar-refractivity contribution in [2.24, 2.45) is 0 Å². The highest BCUT2D eigenvalue weighted by atomic mass is 15.0. The minimum absolute atomic E-state index is 1.17. The number of fused-ring (bicyclic) bond motifs is 6. The third-order valence-electron chi connectivity index (χ3n) is 13.7. The van der Waals surface area contributed by atoms with Crippen molar-refractivity contribution in [3.63, 3.8) is 0 Å². The lowest BCUT2D eigenvalue weighted by Crippen LogP contribution is -1.92. The summed E-state index contributed by atoms with van der Waals surface area (Å²) >= 11 is 0. The lowest BCUT2D eigenvalue weighted by Gasteiger charge is -2.11. The van der Waals surface area contributed by atoms with Crippen LogP contribution in [0.1, 0.15) is 0 Å². The Kier molecular flexibility index (Phi) is 9.54. The standard InChI is InChI=1S/C66H44N2/c1-3-26-57(27-4-1)67-63-32-9-7-30-59(63)61-43-55(34-36-65(61)67)53-24-14-22-51(41-53)49-20-12-18-47(39-49)45-16-11-17-46(38-45)48-19-13-21-50(40-48)52-23-15-25-54(42-52)56-35-37-66-62(44-56)60-31-8-10-33-64(60)68(66)58-28-5-2-6-29-58/h1-44H. The minimum atomic E-state index is 1.17. The zero-order valence-corrected chi connectivity index (χ0v) is 37.3. The minimum Gasteiger partial charge on any atom is -0.309 e.